The minimum atomic E-state index is -0.139. The van der Waals surface area contributed by atoms with Gasteiger partial charge in [-0.25, -0.2) is 0 Å². The number of nitrogens with zero attached hydrogens (tertiary/aromatic N) is 2. The number of amides is 1. The molecule has 1 saturated heterocycles. The van der Waals surface area contributed by atoms with Crippen LogP contribution in [-0.2, 0) is 4.79 Å². The van der Waals surface area contributed by atoms with Gasteiger partial charge in [0.25, 0.3) is 0 Å². The molecule has 5 aliphatic rings. The molecule has 5 unspecified atom stereocenters. The van der Waals surface area contributed by atoms with Crippen LogP contribution in [0.25, 0.3) is 0 Å². The van der Waals surface area contributed by atoms with Gasteiger partial charge in [-0.2, -0.15) is 0 Å². The van der Waals surface area contributed by atoms with Crippen molar-refractivity contribution in [1.29, 1.82) is 0 Å². The van der Waals surface area contributed by atoms with Crippen molar-refractivity contribution in [3.05, 3.63) is 0 Å². The molecule has 7 heteroatoms. The lowest BCUT2D eigenvalue weighted by atomic mass is 9.43. The molecular formula is C35H65N5O2. The number of piperazine rings is 1. The van der Waals surface area contributed by atoms with Gasteiger partial charge in [0, 0.05) is 45.7 Å². The molecule has 0 aromatic carbocycles. The highest BCUT2D eigenvalue weighted by molar-refractivity contribution is 5.75. The smallest absolute Gasteiger partial charge is 0.219 e. The maximum atomic E-state index is 11.9. The molecule has 5 fully saturated rings. The summed E-state index contributed by atoms with van der Waals surface area (Å²) in [7, 11) is 1.75. The zero-order valence-corrected chi connectivity index (χ0v) is 27.6. The molecule has 4 saturated carbocycles. The minimum Gasteiger partial charge on any atom is -0.393 e. The van der Waals surface area contributed by atoms with E-state index in [0.717, 1.165) is 38.9 Å². The molecule has 5 rings (SSSR count). The van der Waals surface area contributed by atoms with Crippen LogP contribution in [0, 0.1) is 46.3 Å². The van der Waals surface area contributed by atoms with E-state index in [2.05, 4.69) is 41.2 Å². The lowest BCUT2D eigenvalue weighted by Crippen LogP contribution is -2.59. The molecule has 1 amide bonds. The van der Waals surface area contributed by atoms with Crippen LogP contribution in [0.1, 0.15) is 97.8 Å². The third-order valence-corrected chi connectivity index (χ3v) is 13.8. The summed E-state index contributed by atoms with van der Waals surface area (Å²) >= 11 is 0. The molecule has 10 atom stereocenters. The minimum absolute atomic E-state index is 0.139. The average Bonchev–Trinajstić information content (AvgIpc) is 3.35. The topological polar surface area (TPSA) is 93.9 Å². The first kappa shape index (κ1) is 32.7. The van der Waals surface area contributed by atoms with Crippen LogP contribution in [-0.4, -0.2) is 92.4 Å². The summed E-state index contributed by atoms with van der Waals surface area (Å²) in [5.41, 5.74) is 6.39. The number of nitrogens with two attached hydrogens (primary N) is 1. The van der Waals surface area contributed by atoms with Crippen molar-refractivity contribution in [3.63, 3.8) is 0 Å². The van der Waals surface area contributed by atoms with Crippen LogP contribution in [0.5, 0.6) is 0 Å². The highest BCUT2D eigenvalue weighted by Gasteiger charge is 2.62. The monoisotopic (exact) mass is 588 g/mol. The standard InChI is InChI=1S/C35H65N5O2/c1-25(7-10-32(42)37-4)28-8-9-29-33-30(12-14-35(28,29)3)34(2)13-11-27(23-26(34)24-31(33)41)38-16-6-18-40-21-19-39(20-22-40)17-5-15-36/h25-31,33,38,41H,5-24,36H2,1-4H3,(H,37,42)/t25-,26?,27+,28?,29?,30?,31-,33?,34+,35-/m1/s1. The van der Waals surface area contributed by atoms with E-state index in [4.69, 9.17) is 5.73 Å². The van der Waals surface area contributed by atoms with Gasteiger partial charge in [0.2, 0.25) is 5.91 Å². The van der Waals surface area contributed by atoms with Crippen LogP contribution < -0.4 is 16.4 Å². The quantitative estimate of drug-likeness (QED) is 0.257. The number of hydrogen-bond donors (Lipinski definition) is 4. The van der Waals surface area contributed by atoms with Crippen LogP contribution in [0.2, 0.25) is 0 Å². The summed E-state index contributed by atoms with van der Waals surface area (Å²) in [4.78, 5) is 17.1. The van der Waals surface area contributed by atoms with E-state index in [9.17, 15) is 9.90 Å². The largest absolute Gasteiger partial charge is 0.393 e. The molecule has 0 radical (unpaired) electrons. The number of nitrogens with one attached hydrogen (secondary N) is 2. The molecule has 0 aromatic rings. The third-order valence-electron chi connectivity index (χ3n) is 13.8. The van der Waals surface area contributed by atoms with Crippen molar-refractivity contribution in [1.82, 2.24) is 20.4 Å². The first-order chi connectivity index (χ1) is 20.2. The SMILES string of the molecule is CNC(=O)CC[C@@H](C)C1CCC2C3C(CC[C@@]21C)[C@@]1(C)CC[C@H](NCCCN2CCN(CCCN)CC2)CC1C[C@H]3O. The van der Waals surface area contributed by atoms with Crippen LogP contribution in [0.4, 0.5) is 0 Å². The summed E-state index contributed by atoms with van der Waals surface area (Å²) in [6, 6.07) is 0.617. The maximum Gasteiger partial charge on any atom is 0.219 e. The van der Waals surface area contributed by atoms with Crippen molar-refractivity contribution in [3.8, 4) is 0 Å². The van der Waals surface area contributed by atoms with E-state index in [-0.39, 0.29) is 12.0 Å². The number of carbonyl (C=O) groups excluding carboxylic acids is 1. The molecule has 5 N–H and O–H groups in total. The van der Waals surface area contributed by atoms with Crippen LogP contribution in [0.3, 0.4) is 0 Å². The summed E-state index contributed by atoms with van der Waals surface area (Å²) in [5.74, 6) is 3.88. The van der Waals surface area contributed by atoms with Crippen LogP contribution >= 0.6 is 0 Å². The van der Waals surface area contributed by atoms with Gasteiger partial charge in [-0.05, 0) is 143 Å². The lowest BCUT2D eigenvalue weighted by Gasteiger charge is -2.62. The molecule has 242 valence electrons. The molecule has 42 heavy (non-hydrogen) atoms. The normalized spacial score (nSPS) is 41.5. The number of rotatable bonds is 12. The number of hydrogen-bond acceptors (Lipinski definition) is 6. The summed E-state index contributed by atoms with van der Waals surface area (Å²) < 4.78 is 0. The predicted molar refractivity (Wildman–Crippen MR) is 172 cm³/mol. The first-order valence-electron chi connectivity index (χ1n) is 18.0. The molecule has 0 aromatic heterocycles. The molecule has 1 aliphatic heterocycles. The van der Waals surface area contributed by atoms with E-state index < -0.39 is 0 Å². The Bertz CT molecular complexity index is 879. The molecular weight excluding hydrogens is 522 g/mol. The fourth-order valence-electron chi connectivity index (χ4n) is 11.2. The summed E-state index contributed by atoms with van der Waals surface area (Å²) in [6.07, 6.45) is 13.9. The number of aliphatic hydroxyl groups is 1. The molecule has 0 spiro atoms. The molecule has 7 nitrogen and oxygen atoms in total. The highest BCUT2D eigenvalue weighted by Crippen LogP contribution is 2.68. The van der Waals surface area contributed by atoms with Gasteiger partial charge in [-0.1, -0.05) is 20.8 Å². The van der Waals surface area contributed by atoms with Gasteiger partial charge in [0.15, 0.2) is 0 Å². The predicted octanol–water partition coefficient (Wildman–Crippen LogP) is 4.09. The number of aliphatic hydroxyl groups excluding tert-OH is 1. The van der Waals surface area contributed by atoms with Gasteiger partial charge in [0.05, 0.1) is 6.10 Å². The Morgan fingerprint density at radius 1 is 0.952 bits per heavy atom. The second kappa shape index (κ2) is 14.1. The van der Waals surface area contributed by atoms with Crippen molar-refractivity contribution in [2.75, 3.05) is 59.4 Å². The average molecular weight is 588 g/mol. The highest BCUT2D eigenvalue weighted by atomic mass is 16.3. The molecule has 4 aliphatic carbocycles. The number of carbonyl (C=O) groups is 1. The Morgan fingerprint density at radius 2 is 1.62 bits per heavy atom. The lowest BCUT2D eigenvalue weighted by molar-refractivity contribution is -0.167. The van der Waals surface area contributed by atoms with Gasteiger partial charge in [-0.15, -0.1) is 0 Å². The van der Waals surface area contributed by atoms with E-state index in [1.807, 2.05) is 0 Å². The van der Waals surface area contributed by atoms with Crippen LogP contribution in [0.15, 0.2) is 0 Å². The summed E-state index contributed by atoms with van der Waals surface area (Å²) in [6.45, 7) is 16.6. The Balaban J connectivity index is 1.10. The van der Waals surface area contributed by atoms with Gasteiger partial charge < -0.3 is 31.3 Å². The zero-order valence-electron chi connectivity index (χ0n) is 27.6. The van der Waals surface area contributed by atoms with Crippen molar-refractivity contribution >= 4 is 5.91 Å². The first-order valence-corrected chi connectivity index (χ1v) is 18.0. The van der Waals surface area contributed by atoms with E-state index in [1.54, 1.807) is 7.05 Å². The van der Waals surface area contributed by atoms with Crippen molar-refractivity contribution in [2.45, 2.75) is 110 Å². The molecule has 0 bridgehead atoms. The van der Waals surface area contributed by atoms with E-state index >= 15 is 0 Å². The van der Waals surface area contributed by atoms with E-state index in [0.29, 0.717) is 58.8 Å². The Labute approximate surface area is 257 Å². The fourth-order valence-corrected chi connectivity index (χ4v) is 11.2. The van der Waals surface area contributed by atoms with Gasteiger partial charge in [-0.3, -0.25) is 4.79 Å². The Hall–Kier alpha value is -0.730. The van der Waals surface area contributed by atoms with Gasteiger partial charge in [0.1, 0.15) is 0 Å². The maximum absolute atomic E-state index is 11.9. The fraction of sp³-hybridized carbons (Fsp3) is 0.971. The Morgan fingerprint density at radius 3 is 2.31 bits per heavy atom. The van der Waals surface area contributed by atoms with Crippen molar-refractivity contribution < 1.29 is 9.90 Å². The second-order valence-corrected chi connectivity index (χ2v) is 15.8. The van der Waals surface area contributed by atoms with Crippen molar-refractivity contribution in [2.24, 2.45) is 52.1 Å². The van der Waals surface area contributed by atoms with E-state index in [1.165, 1.54) is 84.1 Å². The molecule has 1 heterocycles. The third kappa shape index (κ3) is 6.76. The zero-order chi connectivity index (χ0) is 29.9. The Kier molecular flexibility index (Phi) is 11.0. The number of fused-ring (bicyclic) bond motifs is 5. The van der Waals surface area contributed by atoms with Gasteiger partial charge >= 0.3 is 0 Å². The second-order valence-electron chi connectivity index (χ2n) is 15.8. The summed E-state index contributed by atoms with van der Waals surface area (Å²) in [5, 5.41) is 18.5.